The first-order valence-electron chi connectivity index (χ1n) is 6.41. The molecule has 2 fully saturated rings. The maximum absolute atomic E-state index is 9.48. The van der Waals surface area contributed by atoms with Gasteiger partial charge >= 0.3 is 0 Å². The molecule has 0 amide bonds. The van der Waals surface area contributed by atoms with E-state index in [0.717, 1.165) is 26.2 Å². The Morgan fingerprint density at radius 1 is 1.33 bits per heavy atom. The minimum atomic E-state index is -0.311. The van der Waals surface area contributed by atoms with Crippen LogP contribution in [0.4, 0.5) is 5.95 Å². The highest BCUT2D eigenvalue weighted by molar-refractivity contribution is 5.29. The van der Waals surface area contributed by atoms with Gasteiger partial charge in [-0.25, -0.2) is 0 Å². The molecule has 2 aliphatic heterocycles. The lowest BCUT2D eigenvalue weighted by Crippen LogP contribution is -2.44. The second-order valence-corrected chi connectivity index (χ2v) is 5.07. The molecule has 100 valence electrons. The SMILES string of the molecule is CN1CCN(c2noc(C3CC(O)CN3)n2)CC1. The van der Waals surface area contributed by atoms with Crippen LogP contribution in [0.3, 0.4) is 0 Å². The van der Waals surface area contributed by atoms with Crippen LogP contribution in [0.15, 0.2) is 4.52 Å². The van der Waals surface area contributed by atoms with Gasteiger partial charge in [0.05, 0.1) is 12.1 Å². The van der Waals surface area contributed by atoms with Crippen molar-refractivity contribution in [2.24, 2.45) is 0 Å². The third-order valence-electron chi connectivity index (χ3n) is 3.62. The zero-order valence-electron chi connectivity index (χ0n) is 10.5. The number of hydrogen-bond donors (Lipinski definition) is 2. The van der Waals surface area contributed by atoms with Crippen molar-refractivity contribution in [3.05, 3.63) is 5.89 Å². The number of aliphatic hydroxyl groups is 1. The number of aliphatic hydroxyl groups excluding tert-OH is 1. The lowest BCUT2D eigenvalue weighted by atomic mass is 10.2. The Labute approximate surface area is 106 Å². The average molecular weight is 253 g/mol. The number of anilines is 1. The Kier molecular flexibility index (Phi) is 3.19. The van der Waals surface area contributed by atoms with Gasteiger partial charge in [0.25, 0.3) is 5.95 Å². The van der Waals surface area contributed by atoms with E-state index < -0.39 is 0 Å². The maximum Gasteiger partial charge on any atom is 0.266 e. The van der Waals surface area contributed by atoms with E-state index in [1.54, 1.807) is 0 Å². The van der Waals surface area contributed by atoms with Crippen LogP contribution in [0.5, 0.6) is 0 Å². The first-order valence-corrected chi connectivity index (χ1v) is 6.41. The molecule has 0 aliphatic carbocycles. The van der Waals surface area contributed by atoms with Gasteiger partial charge in [0.15, 0.2) is 0 Å². The zero-order chi connectivity index (χ0) is 12.5. The van der Waals surface area contributed by atoms with Gasteiger partial charge in [-0.3, -0.25) is 0 Å². The number of piperazine rings is 1. The molecule has 0 aromatic carbocycles. The van der Waals surface area contributed by atoms with E-state index in [4.69, 9.17) is 4.52 Å². The van der Waals surface area contributed by atoms with Gasteiger partial charge in [0.2, 0.25) is 5.89 Å². The van der Waals surface area contributed by atoms with E-state index in [-0.39, 0.29) is 12.1 Å². The third-order valence-corrected chi connectivity index (χ3v) is 3.62. The fourth-order valence-corrected chi connectivity index (χ4v) is 2.41. The molecule has 7 heteroatoms. The monoisotopic (exact) mass is 253 g/mol. The summed E-state index contributed by atoms with van der Waals surface area (Å²) in [5.41, 5.74) is 0. The Hall–Kier alpha value is -1.18. The zero-order valence-corrected chi connectivity index (χ0v) is 10.5. The van der Waals surface area contributed by atoms with Gasteiger partial charge in [0.1, 0.15) is 0 Å². The maximum atomic E-state index is 9.48. The number of aromatic nitrogens is 2. The van der Waals surface area contributed by atoms with E-state index in [0.29, 0.717) is 24.8 Å². The second-order valence-electron chi connectivity index (χ2n) is 5.07. The largest absolute Gasteiger partial charge is 0.392 e. The van der Waals surface area contributed by atoms with Crippen LogP contribution in [0, 0.1) is 0 Å². The van der Waals surface area contributed by atoms with Crippen molar-refractivity contribution >= 4 is 5.95 Å². The van der Waals surface area contributed by atoms with E-state index in [2.05, 4.69) is 32.3 Å². The van der Waals surface area contributed by atoms with Crippen LogP contribution < -0.4 is 10.2 Å². The summed E-state index contributed by atoms with van der Waals surface area (Å²) in [5.74, 6) is 1.25. The van der Waals surface area contributed by atoms with Crippen LogP contribution in [-0.2, 0) is 0 Å². The number of likely N-dealkylation sites (N-methyl/N-ethyl adjacent to an activating group) is 1. The highest BCUT2D eigenvalue weighted by atomic mass is 16.5. The summed E-state index contributed by atoms with van der Waals surface area (Å²) in [6, 6.07) is -0.00582. The van der Waals surface area contributed by atoms with Gasteiger partial charge in [-0.05, 0) is 18.6 Å². The predicted molar refractivity (Wildman–Crippen MR) is 65.4 cm³/mol. The van der Waals surface area contributed by atoms with Crippen molar-refractivity contribution < 1.29 is 9.63 Å². The standard InChI is InChI=1S/C11H19N5O2/c1-15-2-4-16(5-3-15)11-13-10(18-14-11)9-6-8(17)7-12-9/h8-9,12,17H,2-7H2,1H3. The quantitative estimate of drug-likeness (QED) is 0.715. The van der Waals surface area contributed by atoms with Gasteiger partial charge in [-0.1, -0.05) is 0 Å². The minimum Gasteiger partial charge on any atom is -0.392 e. The molecule has 18 heavy (non-hydrogen) atoms. The molecule has 1 aromatic rings. The van der Waals surface area contributed by atoms with Crippen LogP contribution in [0.1, 0.15) is 18.4 Å². The number of nitrogens with zero attached hydrogens (tertiary/aromatic N) is 4. The summed E-state index contributed by atoms with van der Waals surface area (Å²) < 4.78 is 5.29. The molecule has 2 unspecified atom stereocenters. The molecule has 0 radical (unpaired) electrons. The summed E-state index contributed by atoms with van der Waals surface area (Å²) in [7, 11) is 2.11. The van der Waals surface area contributed by atoms with E-state index in [1.807, 2.05) is 0 Å². The molecular formula is C11H19N5O2. The topological polar surface area (TPSA) is 77.7 Å². The number of β-amino-alcohol motifs (C(OH)–C–C–N with tert-alkyl or cyclic N) is 1. The Balaban J connectivity index is 1.66. The molecule has 3 heterocycles. The highest BCUT2D eigenvalue weighted by Crippen LogP contribution is 2.23. The van der Waals surface area contributed by atoms with Gasteiger partial charge in [-0.2, -0.15) is 4.98 Å². The van der Waals surface area contributed by atoms with Crippen LogP contribution in [0.2, 0.25) is 0 Å². The molecule has 0 spiro atoms. The molecular weight excluding hydrogens is 234 g/mol. The smallest absolute Gasteiger partial charge is 0.266 e. The number of rotatable bonds is 2. The Morgan fingerprint density at radius 3 is 2.78 bits per heavy atom. The van der Waals surface area contributed by atoms with E-state index >= 15 is 0 Å². The second kappa shape index (κ2) is 4.83. The molecule has 3 rings (SSSR count). The molecule has 2 saturated heterocycles. The molecule has 2 aliphatic rings. The van der Waals surface area contributed by atoms with E-state index in [9.17, 15) is 5.11 Å². The molecule has 2 N–H and O–H groups in total. The summed E-state index contributed by atoms with van der Waals surface area (Å²) in [6.45, 7) is 4.48. The number of nitrogens with one attached hydrogen (secondary N) is 1. The average Bonchev–Trinajstić information content (AvgIpc) is 2.98. The molecule has 2 atom stereocenters. The number of hydrogen-bond acceptors (Lipinski definition) is 7. The summed E-state index contributed by atoms with van der Waals surface area (Å²) >= 11 is 0. The summed E-state index contributed by atoms with van der Waals surface area (Å²) in [4.78, 5) is 8.85. The minimum absolute atomic E-state index is 0.00582. The van der Waals surface area contributed by atoms with Gasteiger partial charge < -0.3 is 24.7 Å². The van der Waals surface area contributed by atoms with Crippen molar-refractivity contribution in [1.82, 2.24) is 20.4 Å². The van der Waals surface area contributed by atoms with Crippen molar-refractivity contribution in [2.45, 2.75) is 18.6 Å². The van der Waals surface area contributed by atoms with Crippen molar-refractivity contribution in [3.63, 3.8) is 0 Å². The Bertz CT molecular complexity index is 402. The lowest BCUT2D eigenvalue weighted by Gasteiger charge is -2.31. The summed E-state index contributed by atoms with van der Waals surface area (Å²) in [5, 5.41) is 16.7. The normalized spacial score (nSPS) is 30.0. The summed E-state index contributed by atoms with van der Waals surface area (Å²) in [6.07, 6.45) is 0.332. The fourth-order valence-electron chi connectivity index (χ4n) is 2.41. The van der Waals surface area contributed by atoms with Gasteiger partial charge in [0, 0.05) is 32.7 Å². The van der Waals surface area contributed by atoms with E-state index in [1.165, 1.54) is 0 Å². The van der Waals surface area contributed by atoms with Crippen molar-refractivity contribution in [2.75, 3.05) is 44.7 Å². The van der Waals surface area contributed by atoms with Crippen LogP contribution in [0.25, 0.3) is 0 Å². The molecule has 7 nitrogen and oxygen atoms in total. The first kappa shape index (κ1) is 11.9. The van der Waals surface area contributed by atoms with Crippen molar-refractivity contribution in [1.29, 1.82) is 0 Å². The molecule has 0 saturated carbocycles. The third kappa shape index (κ3) is 2.33. The predicted octanol–water partition coefficient (Wildman–Crippen LogP) is -0.783. The van der Waals surface area contributed by atoms with Crippen molar-refractivity contribution in [3.8, 4) is 0 Å². The Morgan fingerprint density at radius 2 is 2.11 bits per heavy atom. The molecule has 0 bridgehead atoms. The molecule has 1 aromatic heterocycles. The van der Waals surface area contributed by atoms with Crippen LogP contribution >= 0.6 is 0 Å². The lowest BCUT2D eigenvalue weighted by molar-refractivity contribution is 0.191. The highest BCUT2D eigenvalue weighted by Gasteiger charge is 2.29. The van der Waals surface area contributed by atoms with Crippen LogP contribution in [-0.4, -0.2) is 66.0 Å². The van der Waals surface area contributed by atoms with Gasteiger partial charge in [-0.15, -0.1) is 0 Å². The first-order chi connectivity index (χ1) is 8.72. The fraction of sp³-hybridized carbons (Fsp3) is 0.818.